The Bertz CT molecular complexity index is 1060. The van der Waals surface area contributed by atoms with Crippen LogP contribution in [0.5, 0.6) is 0 Å². The van der Waals surface area contributed by atoms with Crippen molar-refractivity contribution >= 4 is 34.0 Å². The summed E-state index contributed by atoms with van der Waals surface area (Å²) in [5, 5.41) is 8.70. The molecule has 5 heterocycles. The largest absolute Gasteiger partial charge is 0.383 e. The van der Waals surface area contributed by atoms with Crippen LogP contribution in [0.2, 0.25) is 0 Å². The van der Waals surface area contributed by atoms with Crippen LogP contribution in [0.1, 0.15) is 36.8 Å². The van der Waals surface area contributed by atoms with Crippen LogP contribution in [0.25, 0.3) is 21.9 Å². The van der Waals surface area contributed by atoms with Gasteiger partial charge in [-0.05, 0) is 56.4 Å². The lowest BCUT2D eigenvalue weighted by atomic mass is 9.88. The Morgan fingerprint density at radius 3 is 2.76 bits per heavy atom. The Kier molecular flexibility index (Phi) is 4.62. The number of nitrogen functional groups attached to an aromatic ring is 1. The summed E-state index contributed by atoms with van der Waals surface area (Å²) in [7, 11) is 2.00. The van der Waals surface area contributed by atoms with E-state index >= 15 is 0 Å². The van der Waals surface area contributed by atoms with E-state index in [0.717, 1.165) is 36.1 Å². The summed E-state index contributed by atoms with van der Waals surface area (Å²) in [6, 6.07) is 2.26. The second-order valence-corrected chi connectivity index (χ2v) is 8.49. The van der Waals surface area contributed by atoms with Gasteiger partial charge >= 0.3 is 0 Å². The van der Waals surface area contributed by atoms with Crippen molar-refractivity contribution in [2.24, 2.45) is 11.0 Å². The number of piperidine rings is 1. The first-order chi connectivity index (χ1) is 14.1. The minimum absolute atomic E-state index is 0.280. The number of fused-ring (bicyclic) bond motifs is 3. The van der Waals surface area contributed by atoms with Gasteiger partial charge in [-0.2, -0.15) is 5.10 Å². The number of nitrogens with zero attached hydrogens (tertiary/aromatic N) is 5. The molecule has 3 N–H and O–H groups in total. The number of hydrogen-bond acceptors (Lipinski definition) is 6. The number of rotatable bonds is 4. The van der Waals surface area contributed by atoms with Crippen LogP contribution < -0.4 is 5.73 Å². The van der Waals surface area contributed by atoms with Gasteiger partial charge in [-0.3, -0.25) is 5.01 Å². The van der Waals surface area contributed by atoms with E-state index < -0.39 is 0 Å². The van der Waals surface area contributed by atoms with E-state index in [1.165, 1.54) is 42.4 Å². The van der Waals surface area contributed by atoms with Gasteiger partial charge in [0.1, 0.15) is 11.5 Å². The molecule has 152 valence electrons. The second kappa shape index (κ2) is 7.30. The fourth-order valence-electron chi connectivity index (χ4n) is 4.84. The fourth-order valence-corrected chi connectivity index (χ4v) is 4.84. The molecular weight excluding hydrogens is 362 g/mol. The van der Waals surface area contributed by atoms with Crippen LogP contribution in [-0.4, -0.2) is 64.3 Å². The highest BCUT2D eigenvalue weighted by Gasteiger charge is 2.23. The predicted molar refractivity (Wildman–Crippen MR) is 118 cm³/mol. The molecule has 0 aromatic carbocycles. The van der Waals surface area contributed by atoms with Gasteiger partial charge in [0.25, 0.3) is 0 Å². The van der Waals surface area contributed by atoms with Crippen LogP contribution in [0.4, 0.5) is 5.82 Å². The molecule has 0 amide bonds. The van der Waals surface area contributed by atoms with E-state index in [9.17, 15) is 0 Å². The summed E-state index contributed by atoms with van der Waals surface area (Å²) in [5.41, 5.74) is 10.7. The first-order valence-electron chi connectivity index (χ1n) is 10.6. The Morgan fingerprint density at radius 2 is 2.03 bits per heavy atom. The molecule has 2 aliphatic heterocycles. The van der Waals surface area contributed by atoms with Crippen molar-refractivity contribution in [3.05, 3.63) is 29.6 Å². The third-order valence-electron chi connectivity index (χ3n) is 6.62. The van der Waals surface area contributed by atoms with Crippen molar-refractivity contribution in [2.75, 3.05) is 39.0 Å². The standard InChI is InChI=1S/C22H29N7/c1-3-29-6-4-14(5-7-29)8-17-20-18-9-15(16-11-26-28(2)13-16)10-25-22(18)27-19(20)12-24-21(17)23/h9-12,14,16H,3-8,13H2,1-2H3,(H2,23,24)(H,25,27). The average Bonchev–Trinajstić information content (AvgIpc) is 3.33. The Hall–Kier alpha value is -2.67. The van der Waals surface area contributed by atoms with Crippen molar-refractivity contribution in [2.45, 2.75) is 32.1 Å². The number of anilines is 1. The van der Waals surface area contributed by atoms with Gasteiger partial charge in [0.15, 0.2) is 0 Å². The zero-order chi connectivity index (χ0) is 20.0. The van der Waals surface area contributed by atoms with Crippen LogP contribution in [0.15, 0.2) is 23.6 Å². The number of pyridine rings is 2. The monoisotopic (exact) mass is 391 g/mol. The Balaban J connectivity index is 1.54. The molecular formula is C22H29N7. The second-order valence-electron chi connectivity index (χ2n) is 8.49. The third kappa shape index (κ3) is 3.33. The summed E-state index contributed by atoms with van der Waals surface area (Å²) >= 11 is 0. The lowest BCUT2D eigenvalue weighted by Gasteiger charge is -2.31. The lowest BCUT2D eigenvalue weighted by molar-refractivity contribution is 0.192. The molecule has 2 aliphatic rings. The summed E-state index contributed by atoms with van der Waals surface area (Å²) in [6.45, 7) is 6.63. The molecule has 0 spiro atoms. The van der Waals surface area contributed by atoms with E-state index in [2.05, 4.69) is 33.0 Å². The first-order valence-corrected chi connectivity index (χ1v) is 10.6. The quantitative estimate of drug-likeness (QED) is 0.714. The molecule has 0 radical (unpaired) electrons. The molecule has 1 saturated heterocycles. The van der Waals surface area contributed by atoms with Gasteiger partial charge in [0.2, 0.25) is 0 Å². The van der Waals surface area contributed by atoms with Crippen molar-refractivity contribution in [3.8, 4) is 0 Å². The minimum Gasteiger partial charge on any atom is -0.383 e. The van der Waals surface area contributed by atoms with Crippen LogP contribution in [0.3, 0.4) is 0 Å². The lowest BCUT2D eigenvalue weighted by Crippen LogP contribution is -2.34. The number of aromatic nitrogens is 3. The van der Waals surface area contributed by atoms with Gasteiger partial charge in [0.05, 0.1) is 11.7 Å². The number of likely N-dealkylation sites (N-methyl/N-ethyl adjacent to an activating group) is 1. The number of H-pyrrole nitrogens is 1. The first kappa shape index (κ1) is 18.4. The Labute approximate surface area is 171 Å². The topological polar surface area (TPSA) is 86.4 Å². The number of aromatic amines is 1. The molecule has 0 bridgehead atoms. The highest BCUT2D eigenvalue weighted by Crippen LogP contribution is 2.34. The Morgan fingerprint density at radius 1 is 1.21 bits per heavy atom. The SMILES string of the molecule is CCN1CCC(Cc2c(N)ncc3[nH]c4ncc(C5C=NN(C)C5)cc4c23)CC1. The average molecular weight is 392 g/mol. The van der Waals surface area contributed by atoms with Gasteiger partial charge in [-0.15, -0.1) is 0 Å². The number of hydrogen-bond donors (Lipinski definition) is 2. The number of likely N-dealkylation sites (tertiary alicyclic amines) is 1. The molecule has 7 nitrogen and oxygen atoms in total. The highest BCUT2D eigenvalue weighted by molar-refractivity contribution is 6.08. The van der Waals surface area contributed by atoms with Crippen molar-refractivity contribution in [1.29, 1.82) is 0 Å². The molecule has 3 aromatic rings. The summed E-state index contributed by atoms with van der Waals surface area (Å²) < 4.78 is 0. The zero-order valence-corrected chi connectivity index (χ0v) is 17.2. The minimum atomic E-state index is 0.280. The van der Waals surface area contributed by atoms with E-state index in [1.807, 2.05) is 30.7 Å². The predicted octanol–water partition coefficient (Wildman–Crippen LogP) is 2.98. The van der Waals surface area contributed by atoms with Gasteiger partial charge in [-0.1, -0.05) is 6.92 Å². The van der Waals surface area contributed by atoms with Crippen LogP contribution in [-0.2, 0) is 6.42 Å². The molecule has 1 unspecified atom stereocenters. The molecule has 3 aromatic heterocycles. The maximum Gasteiger partial charge on any atom is 0.138 e. The van der Waals surface area contributed by atoms with Gasteiger partial charge in [-0.25, -0.2) is 9.97 Å². The van der Waals surface area contributed by atoms with Crippen LogP contribution >= 0.6 is 0 Å². The maximum absolute atomic E-state index is 6.40. The zero-order valence-electron chi connectivity index (χ0n) is 17.2. The molecule has 0 aliphatic carbocycles. The summed E-state index contributed by atoms with van der Waals surface area (Å²) in [4.78, 5) is 15.2. The normalized spacial score (nSPS) is 21.0. The highest BCUT2D eigenvalue weighted by atomic mass is 15.4. The number of hydrazone groups is 1. The summed E-state index contributed by atoms with van der Waals surface area (Å²) in [6.07, 6.45) is 9.25. The molecule has 7 heteroatoms. The van der Waals surface area contributed by atoms with E-state index in [1.54, 1.807) is 0 Å². The van der Waals surface area contributed by atoms with E-state index in [0.29, 0.717) is 11.7 Å². The number of nitrogens with one attached hydrogen (secondary N) is 1. The number of nitrogens with two attached hydrogens (primary N) is 1. The molecule has 29 heavy (non-hydrogen) atoms. The molecule has 1 fully saturated rings. The van der Waals surface area contributed by atoms with E-state index in [4.69, 9.17) is 10.7 Å². The van der Waals surface area contributed by atoms with Gasteiger partial charge < -0.3 is 15.6 Å². The van der Waals surface area contributed by atoms with Crippen molar-refractivity contribution in [1.82, 2.24) is 24.9 Å². The maximum atomic E-state index is 6.40. The smallest absolute Gasteiger partial charge is 0.138 e. The molecule has 5 rings (SSSR count). The third-order valence-corrected chi connectivity index (χ3v) is 6.62. The van der Waals surface area contributed by atoms with Crippen molar-refractivity contribution < 1.29 is 0 Å². The van der Waals surface area contributed by atoms with Gasteiger partial charge in [0, 0.05) is 48.3 Å². The molecule has 1 atom stereocenters. The van der Waals surface area contributed by atoms with Crippen LogP contribution in [0, 0.1) is 5.92 Å². The summed E-state index contributed by atoms with van der Waals surface area (Å²) in [5.74, 6) is 1.59. The van der Waals surface area contributed by atoms with Crippen molar-refractivity contribution in [3.63, 3.8) is 0 Å². The fraction of sp³-hybridized carbons (Fsp3) is 0.500. The van der Waals surface area contributed by atoms with E-state index in [-0.39, 0.29) is 5.92 Å². The molecule has 0 saturated carbocycles.